The van der Waals surface area contributed by atoms with Gasteiger partial charge in [-0.05, 0) is 36.4 Å². The second-order valence-corrected chi connectivity index (χ2v) is 6.57. The summed E-state index contributed by atoms with van der Waals surface area (Å²) in [5.41, 5.74) is 0.793. The first-order valence-electron chi connectivity index (χ1n) is 6.75. The molecule has 0 unspecified atom stereocenters. The first-order valence-corrected chi connectivity index (χ1v) is 8.24. The van der Waals surface area contributed by atoms with Crippen LogP contribution >= 0.6 is 0 Å². The molecule has 0 atom stereocenters. The van der Waals surface area contributed by atoms with E-state index in [1.54, 1.807) is 6.07 Å². The van der Waals surface area contributed by atoms with Crippen molar-refractivity contribution in [2.75, 3.05) is 11.8 Å². The first-order chi connectivity index (χ1) is 11.4. The fourth-order valence-corrected chi connectivity index (χ4v) is 3.26. The van der Waals surface area contributed by atoms with E-state index in [0.717, 1.165) is 12.1 Å². The Hall–Kier alpha value is -2.94. The lowest BCUT2D eigenvalue weighted by molar-refractivity contribution is 0.0596. The molecule has 0 saturated carbocycles. The zero-order valence-electron chi connectivity index (χ0n) is 12.4. The molecule has 0 fully saturated rings. The van der Waals surface area contributed by atoms with E-state index in [0.29, 0.717) is 10.9 Å². The van der Waals surface area contributed by atoms with Crippen LogP contribution in [0, 0.1) is 5.82 Å². The fourth-order valence-electron chi connectivity index (χ4n) is 2.18. The SMILES string of the molecule is COC(=O)c1n[nH]c2ccc(NS(=O)(=O)c3cccc(F)c3)cc12. The summed E-state index contributed by atoms with van der Waals surface area (Å²) in [5, 5.41) is 6.91. The van der Waals surface area contributed by atoms with Gasteiger partial charge >= 0.3 is 5.97 Å². The Kier molecular flexibility index (Phi) is 3.94. The van der Waals surface area contributed by atoms with Gasteiger partial charge in [-0.3, -0.25) is 9.82 Å². The van der Waals surface area contributed by atoms with E-state index >= 15 is 0 Å². The highest BCUT2D eigenvalue weighted by atomic mass is 32.2. The number of hydrogen-bond donors (Lipinski definition) is 2. The lowest BCUT2D eigenvalue weighted by Gasteiger charge is -2.08. The zero-order valence-corrected chi connectivity index (χ0v) is 13.2. The highest BCUT2D eigenvalue weighted by molar-refractivity contribution is 7.92. The average Bonchev–Trinajstić information content (AvgIpc) is 2.97. The number of anilines is 1. The summed E-state index contributed by atoms with van der Waals surface area (Å²) in [6.07, 6.45) is 0. The molecule has 0 amide bonds. The Bertz CT molecular complexity index is 1030. The number of carbonyl (C=O) groups is 1. The Morgan fingerprint density at radius 2 is 2.04 bits per heavy atom. The maximum atomic E-state index is 13.2. The third kappa shape index (κ3) is 2.93. The van der Waals surface area contributed by atoms with Crippen LogP contribution in [0.3, 0.4) is 0 Å². The van der Waals surface area contributed by atoms with Gasteiger partial charge in [-0.15, -0.1) is 0 Å². The van der Waals surface area contributed by atoms with Gasteiger partial charge in [0.1, 0.15) is 5.82 Å². The van der Waals surface area contributed by atoms with Crippen molar-refractivity contribution in [3.63, 3.8) is 0 Å². The van der Waals surface area contributed by atoms with Gasteiger partial charge in [-0.25, -0.2) is 17.6 Å². The summed E-state index contributed by atoms with van der Waals surface area (Å²) >= 11 is 0. The largest absolute Gasteiger partial charge is 0.464 e. The predicted octanol–water partition coefficient (Wildman–Crippen LogP) is 2.29. The van der Waals surface area contributed by atoms with Crippen molar-refractivity contribution in [3.8, 4) is 0 Å². The van der Waals surface area contributed by atoms with Crippen molar-refractivity contribution in [2.24, 2.45) is 0 Å². The van der Waals surface area contributed by atoms with Crippen LogP contribution in [0.15, 0.2) is 47.4 Å². The minimum Gasteiger partial charge on any atom is -0.464 e. The third-order valence-electron chi connectivity index (χ3n) is 3.30. The topological polar surface area (TPSA) is 101 Å². The number of esters is 1. The van der Waals surface area contributed by atoms with Gasteiger partial charge in [0.05, 0.1) is 17.5 Å². The smallest absolute Gasteiger partial charge is 0.359 e. The summed E-state index contributed by atoms with van der Waals surface area (Å²) in [4.78, 5) is 11.5. The molecule has 24 heavy (non-hydrogen) atoms. The van der Waals surface area contributed by atoms with Gasteiger partial charge in [0.15, 0.2) is 5.69 Å². The first kappa shape index (κ1) is 15.9. The van der Waals surface area contributed by atoms with Crippen LogP contribution in [0.4, 0.5) is 10.1 Å². The van der Waals surface area contributed by atoms with Gasteiger partial charge in [0, 0.05) is 11.1 Å². The van der Waals surface area contributed by atoms with E-state index in [2.05, 4.69) is 19.7 Å². The molecule has 1 heterocycles. The second kappa shape index (κ2) is 5.93. The molecule has 1 aromatic heterocycles. The maximum Gasteiger partial charge on any atom is 0.359 e. The molecule has 0 aliphatic rings. The Balaban J connectivity index is 1.99. The van der Waals surface area contributed by atoms with Gasteiger partial charge in [-0.1, -0.05) is 6.07 Å². The number of nitrogens with zero attached hydrogens (tertiary/aromatic N) is 1. The lowest BCUT2D eigenvalue weighted by Crippen LogP contribution is -2.13. The number of carbonyl (C=O) groups excluding carboxylic acids is 1. The summed E-state index contributed by atoms with van der Waals surface area (Å²) in [6.45, 7) is 0. The normalized spacial score (nSPS) is 11.4. The number of rotatable bonds is 4. The summed E-state index contributed by atoms with van der Waals surface area (Å²) in [6, 6.07) is 9.16. The van der Waals surface area contributed by atoms with E-state index in [9.17, 15) is 17.6 Å². The summed E-state index contributed by atoms with van der Waals surface area (Å²) < 4.78 is 44.8. The number of halogens is 1. The van der Waals surface area contributed by atoms with Crippen LogP contribution in [-0.2, 0) is 14.8 Å². The van der Waals surface area contributed by atoms with Crippen molar-refractivity contribution in [2.45, 2.75) is 4.90 Å². The Labute approximate surface area is 136 Å². The standard InChI is InChI=1S/C15H12FN3O4S/c1-23-15(20)14-12-8-10(5-6-13(12)17-18-14)19-24(21,22)11-4-2-3-9(16)7-11/h2-8,19H,1H3,(H,17,18). The molecule has 2 aromatic carbocycles. The average molecular weight is 349 g/mol. The molecule has 0 saturated heterocycles. The number of hydrogen-bond acceptors (Lipinski definition) is 5. The van der Waals surface area contributed by atoms with Crippen LogP contribution in [0.1, 0.15) is 10.5 Å². The molecule has 7 nitrogen and oxygen atoms in total. The summed E-state index contributed by atoms with van der Waals surface area (Å²) in [5.74, 6) is -1.30. The van der Waals surface area contributed by atoms with E-state index in [1.165, 1.54) is 31.4 Å². The number of aromatic amines is 1. The zero-order chi connectivity index (χ0) is 17.3. The fraction of sp³-hybridized carbons (Fsp3) is 0.0667. The molecule has 0 radical (unpaired) electrons. The van der Waals surface area contributed by atoms with Gasteiger partial charge in [0.2, 0.25) is 0 Å². The van der Waals surface area contributed by atoms with Crippen LogP contribution in [0.2, 0.25) is 0 Å². The van der Waals surface area contributed by atoms with Gasteiger partial charge in [0.25, 0.3) is 10.0 Å². The van der Waals surface area contributed by atoms with E-state index in [-0.39, 0.29) is 16.3 Å². The molecule has 3 aromatic rings. The molecular weight excluding hydrogens is 337 g/mol. The molecule has 3 rings (SSSR count). The molecule has 0 bridgehead atoms. The molecule has 9 heteroatoms. The summed E-state index contributed by atoms with van der Waals surface area (Å²) in [7, 11) is -2.74. The van der Waals surface area contributed by atoms with E-state index in [1.807, 2.05) is 0 Å². The van der Waals surface area contributed by atoms with Crippen molar-refractivity contribution in [3.05, 3.63) is 54.0 Å². The number of benzene rings is 2. The number of fused-ring (bicyclic) bond motifs is 1. The van der Waals surface area contributed by atoms with Crippen LogP contribution in [0.25, 0.3) is 10.9 Å². The van der Waals surface area contributed by atoms with Gasteiger partial charge < -0.3 is 4.74 Å². The van der Waals surface area contributed by atoms with Crippen molar-refractivity contribution in [1.82, 2.24) is 10.2 Å². The molecule has 2 N–H and O–H groups in total. The predicted molar refractivity (Wildman–Crippen MR) is 84.6 cm³/mol. The minimum atomic E-state index is -3.96. The molecular formula is C15H12FN3O4S. The number of H-pyrrole nitrogens is 1. The van der Waals surface area contributed by atoms with Crippen LogP contribution in [-0.4, -0.2) is 31.7 Å². The van der Waals surface area contributed by atoms with Gasteiger partial charge in [-0.2, -0.15) is 5.10 Å². The van der Waals surface area contributed by atoms with E-state index in [4.69, 9.17) is 0 Å². The number of methoxy groups -OCH3 is 1. The van der Waals surface area contributed by atoms with E-state index < -0.39 is 21.8 Å². The number of aromatic nitrogens is 2. The minimum absolute atomic E-state index is 0.0410. The van der Waals surface area contributed by atoms with Crippen molar-refractivity contribution >= 4 is 32.6 Å². The molecule has 124 valence electrons. The number of sulfonamides is 1. The second-order valence-electron chi connectivity index (χ2n) is 4.89. The lowest BCUT2D eigenvalue weighted by atomic mass is 10.2. The highest BCUT2D eigenvalue weighted by Gasteiger charge is 2.18. The highest BCUT2D eigenvalue weighted by Crippen LogP contribution is 2.23. The van der Waals surface area contributed by atoms with Crippen molar-refractivity contribution < 1.29 is 22.3 Å². The molecule has 0 aliphatic carbocycles. The maximum absolute atomic E-state index is 13.2. The Morgan fingerprint density at radius 3 is 2.75 bits per heavy atom. The number of nitrogens with one attached hydrogen (secondary N) is 2. The molecule has 0 spiro atoms. The number of ether oxygens (including phenoxy) is 1. The Morgan fingerprint density at radius 1 is 1.25 bits per heavy atom. The molecule has 0 aliphatic heterocycles. The van der Waals surface area contributed by atoms with Crippen LogP contribution in [0.5, 0.6) is 0 Å². The quantitative estimate of drug-likeness (QED) is 0.704. The van der Waals surface area contributed by atoms with Crippen molar-refractivity contribution in [1.29, 1.82) is 0 Å². The van der Waals surface area contributed by atoms with Crippen LogP contribution < -0.4 is 4.72 Å². The third-order valence-corrected chi connectivity index (χ3v) is 4.68. The monoisotopic (exact) mass is 349 g/mol.